The van der Waals surface area contributed by atoms with Crippen molar-refractivity contribution in [1.82, 2.24) is 24.8 Å². The lowest BCUT2D eigenvalue weighted by molar-refractivity contribution is -0.111. The third-order valence-electron chi connectivity index (χ3n) is 4.95. The van der Waals surface area contributed by atoms with E-state index >= 15 is 0 Å². The smallest absolute Gasteiger partial charge is 0.247 e. The van der Waals surface area contributed by atoms with Crippen LogP contribution in [0.5, 0.6) is 5.75 Å². The van der Waals surface area contributed by atoms with Crippen LogP contribution in [0.1, 0.15) is 0 Å². The summed E-state index contributed by atoms with van der Waals surface area (Å²) in [6.45, 7) is 4.72. The molecule has 0 aliphatic carbocycles. The Morgan fingerprint density at radius 2 is 2.03 bits per heavy atom. The minimum absolute atomic E-state index is 0.340. The number of anilines is 3. The highest BCUT2D eigenvalue weighted by Crippen LogP contribution is 2.31. The average molecular weight is 490 g/mol. The van der Waals surface area contributed by atoms with Crippen LogP contribution in [0.15, 0.2) is 67.8 Å². The number of pyridine rings is 2. The zero-order chi connectivity index (χ0) is 24.8. The average Bonchev–Trinajstić information content (AvgIpc) is 2.84. The number of aromatic nitrogens is 4. The molecule has 0 fully saturated rings. The van der Waals surface area contributed by atoms with Crippen LogP contribution in [-0.4, -0.2) is 58.0 Å². The molecule has 0 saturated carbocycles. The monoisotopic (exact) mass is 489 g/mol. The molecular weight excluding hydrogens is 466 g/mol. The molecular formula is C25H24ClN7O2. The number of nitrogens with zero attached hydrogens (tertiary/aromatic N) is 5. The Morgan fingerprint density at radius 1 is 1.17 bits per heavy atom. The molecule has 0 saturated heterocycles. The van der Waals surface area contributed by atoms with Crippen molar-refractivity contribution >= 4 is 45.7 Å². The van der Waals surface area contributed by atoms with Gasteiger partial charge in [-0.05, 0) is 50.5 Å². The van der Waals surface area contributed by atoms with Gasteiger partial charge in [0.25, 0.3) is 0 Å². The highest BCUT2D eigenvalue weighted by atomic mass is 35.5. The van der Waals surface area contributed by atoms with Crippen LogP contribution in [0.3, 0.4) is 0 Å². The number of ether oxygens (including phenoxy) is 1. The van der Waals surface area contributed by atoms with Gasteiger partial charge in [0.15, 0.2) is 0 Å². The molecule has 0 unspecified atom stereocenters. The van der Waals surface area contributed by atoms with E-state index in [-0.39, 0.29) is 5.91 Å². The summed E-state index contributed by atoms with van der Waals surface area (Å²) in [5.74, 6) is 0.573. The molecule has 0 aliphatic rings. The van der Waals surface area contributed by atoms with Crippen LogP contribution in [0, 0.1) is 0 Å². The summed E-state index contributed by atoms with van der Waals surface area (Å²) in [5, 5.41) is 7.30. The molecule has 35 heavy (non-hydrogen) atoms. The van der Waals surface area contributed by atoms with Gasteiger partial charge in [-0.2, -0.15) is 0 Å². The van der Waals surface area contributed by atoms with E-state index in [9.17, 15) is 4.79 Å². The molecule has 4 aromatic rings. The van der Waals surface area contributed by atoms with Gasteiger partial charge in [0.2, 0.25) is 11.9 Å². The Bertz CT molecular complexity index is 1380. The summed E-state index contributed by atoms with van der Waals surface area (Å²) in [6.07, 6.45) is 7.86. The van der Waals surface area contributed by atoms with Crippen LogP contribution >= 0.6 is 11.6 Å². The molecule has 178 valence electrons. The second kappa shape index (κ2) is 10.9. The number of carbonyl (C=O) groups excluding carboxylic acids is 1. The quantitative estimate of drug-likeness (QED) is 0.330. The second-order valence-corrected chi connectivity index (χ2v) is 8.30. The van der Waals surface area contributed by atoms with Gasteiger partial charge >= 0.3 is 0 Å². The fourth-order valence-corrected chi connectivity index (χ4v) is 3.43. The van der Waals surface area contributed by atoms with E-state index in [2.05, 4.69) is 37.1 Å². The van der Waals surface area contributed by atoms with Gasteiger partial charge in [0.1, 0.15) is 17.9 Å². The number of benzene rings is 1. The van der Waals surface area contributed by atoms with Crippen molar-refractivity contribution in [1.29, 1.82) is 0 Å². The fourth-order valence-electron chi connectivity index (χ4n) is 3.25. The summed E-state index contributed by atoms with van der Waals surface area (Å²) < 4.78 is 5.86. The first-order valence-corrected chi connectivity index (χ1v) is 11.2. The number of nitrogens with one attached hydrogen (secondary N) is 2. The van der Waals surface area contributed by atoms with E-state index in [0.717, 1.165) is 17.5 Å². The van der Waals surface area contributed by atoms with Gasteiger partial charge in [0, 0.05) is 48.0 Å². The number of rotatable bonds is 9. The minimum atomic E-state index is -0.340. The van der Waals surface area contributed by atoms with E-state index in [0.29, 0.717) is 45.9 Å². The Hall–Kier alpha value is -4.08. The molecule has 0 radical (unpaired) electrons. The van der Waals surface area contributed by atoms with Crippen LogP contribution in [0.2, 0.25) is 5.02 Å². The van der Waals surface area contributed by atoms with Gasteiger partial charge in [-0.15, -0.1) is 0 Å². The van der Waals surface area contributed by atoms with E-state index < -0.39 is 0 Å². The van der Waals surface area contributed by atoms with Gasteiger partial charge < -0.3 is 20.3 Å². The number of hydrogen-bond acceptors (Lipinski definition) is 8. The first-order chi connectivity index (χ1) is 16.9. The molecule has 0 bridgehead atoms. The van der Waals surface area contributed by atoms with E-state index in [1.165, 1.54) is 6.08 Å². The van der Waals surface area contributed by atoms with Gasteiger partial charge in [-0.1, -0.05) is 18.2 Å². The maximum absolute atomic E-state index is 12.0. The Balaban J connectivity index is 1.64. The van der Waals surface area contributed by atoms with Gasteiger partial charge in [-0.3, -0.25) is 14.8 Å². The molecule has 0 atom stereocenters. The van der Waals surface area contributed by atoms with Crippen molar-refractivity contribution in [3.05, 3.63) is 72.8 Å². The summed E-state index contributed by atoms with van der Waals surface area (Å²) in [6, 6.07) is 8.99. The zero-order valence-electron chi connectivity index (χ0n) is 19.3. The highest BCUT2D eigenvalue weighted by Gasteiger charge is 2.12. The molecule has 0 spiro atoms. The molecule has 10 heteroatoms. The molecule has 3 aromatic heterocycles. The maximum Gasteiger partial charge on any atom is 0.247 e. The SMILES string of the molecule is C=CC(=O)Nc1cc(Nc2ncc3ccnc(-c4cncc(Cl)c4)c3n2)ccc1OCCN(C)C. The van der Waals surface area contributed by atoms with E-state index in [4.69, 9.17) is 16.3 Å². The number of likely N-dealkylation sites (N-methyl/N-ethyl adjacent to an activating group) is 1. The standard InChI is InChI=1S/C25H24ClN7O2/c1-4-22(34)31-20-12-19(5-6-21(20)35-10-9-33(2)3)30-25-29-14-16-7-8-28-23(24(16)32-25)17-11-18(26)15-27-13-17/h4-8,11-15H,1,9-10H2,2-3H3,(H,31,34)(H,29,30,32). The summed E-state index contributed by atoms with van der Waals surface area (Å²) in [7, 11) is 3.92. The summed E-state index contributed by atoms with van der Waals surface area (Å²) in [5.41, 5.74) is 3.22. The minimum Gasteiger partial charge on any atom is -0.490 e. The van der Waals surface area contributed by atoms with Gasteiger partial charge in [-0.25, -0.2) is 9.97 Å². The third kappa shape index (κ3) is 6.08. The first kappa shape index (κ1) is 24.1. The van der Waals surface area contributed by atoms with E-state index in [1.807, 2.05) is 31.1 Å². The van der Waals surface area contributed by atoms with Gasteiger partial charge in [0.05, 0.1) is 16.4 Å². The molecule has 1 aromatic carbocycles. The van der Waals surface area contributed by atoms with Crippen LogP contribution in [-0.2, 0) is 4.79 Å². The molecule has 2 N–H and O–H groups in total. The number of fused-ring (bicyclic) bond motifs is 1. The maximum atomic E-state index is 12.0. The van der Waals surface area contributed by atoms with Crippen LogP contribution in [0.25, 0.3) is 22.2 Å². The number of halogens is 1. The molecule has 4 rings (SSSR count). The number of hydrogen-bond donors (Lipinski definition) is 2. The second-order valence-electron chi connectivity index (χ2n) is 7.86. The predicted octanol–water partition coefficient (Wildman–Crippen LogP) is 4.55. The van der Waals surface area contributed by atoms with Crippen molar-refractivity contribution in [2.24, 2.45) is 0 Å². The van der Waals surface area contributed by atoms with Crippen molar-refractivity contribution in [3.8, 4) is 17.0 Å². The lowest BCUT2D eigenvalue weighted by Crippen LogP contribution is -2.20. The molecule has 0 aliphatic heterocycles. The lowest BCUT2D eigenvalue weighted by atomic mass is 10.1. The first-order valence-electron chi connectivity index (χ1n) is 10.8. The molecule has 1 amide bonds. The number of amides is 1. The van der Waals surface area contributed by atoms with Crippen molar-refractivity contribution in [2.75, 3.05) is 37.9 Å². The lowest BCUT2D eigenvalue weighted by Gasteiger charge is -2.16. The van der Waals surface area contributed by atoms with E-state index in [1.54, 1.807) is 43.0 Å². The topological polar surface area (TPSA) is 105 Å². The fraction of sp³-hybridized carbons (Fsp3) is 0.160. The molecule has 9 nitrogen and oxygen atoms in total. The Kier molecular flexibility index (Phi) is 7.49. The van der Waals surface area contributed by atoms with Crippen molar-refractivity contribution in [3.63, 3.8) is 0 Å². The number of carbonyl (C=O) groups is 1. The molecule has 3 heterocycles. The van der Waals surface area contributed by atoms with Crippen LogP contribution < -0.4 is 15.4 Å². The highest BCUT2D eigenvalue weighted by molar-refractivity contribution is 6.30. The summed E-state index contributed by atoms with van der Waals surface area (Å²) in [4.78, 5) is 31.7. The third-order valence-corrected chi connectivity index (χ3v) is 5.16. The zero-order valence-corrected chi connectivity index (χ0v) is 20.1. The normalized spacial score (nSPS) is 10.9. The Morgan fingerprint density at radius 3 is 2.80 bits per heavy atom. The Labute approximate surface area is 207 Å². The van der Waals surface area contributed by atoms with Crippen molar-refractivity contribution in [2.45, 2.75) is 0 Å². The van der Waals surface area contributed by atoms with Crippen LogP contribution in [0.4, 0.5) is 17.3 Å². The summed E-state index contributed by atoms with van der Waals surface area (Å²) >= 11 is 6.12. The van der Waals surface area contributed by atoms with Crippen molar-refractivity contribution < 1.29 is 9.53 Å². The largest absolute Gasteiger partial charge is 0.490 e. The predicted molar refractivity (Wildman–Crippen MR) is 138 cm³/mol.